The molecule has 8 nitrogen and oxygen atoms in total. The second-order valence-corrected chi connectivity index (χ2v) is 7.79. The summed E-state index contributed by atoms with van der Waals surface area (Å²) in [4.78, 5) is 26.8. The molecule has 2 aromatic carbocycles. The lowest BCUT2D eigenvalue weighted by Gasteiger charge is -2.26. The summed E-state index contributed by atoms with van der Waals surface area (Å²) in [6.45, 7) is 6.45. The molecular weight excluding hydrogens is 412 g/mol. The minimum atomic E-state index is -0.925. The van der Waals surface area contributed by atoms with E-state index in [0.29, 0.717) is 50.6 Å². The van der Waals surface area contributed by atoms with E-state index in [2.05, 4.69) is 9.80 Å². The molecule has 1 heterocycles. The zero-order valence-corrected chi connectivity index (χ0v) is 18.1. The van der Waals surface area contributed by atoms with Crippen molar-refractivity contribution in [3.63, 3.8) is 0 Å². The van der Waals surface area contributed by atoms with Crippen molar-refractivity contribution in [1.82, 2.24) is 9.80 Å². The van der Waals surface area contributed by atoms with Crippen LogP contribution in [0.5, 0.6) is 0 Å². The van der Waals surface area contributed by atoms with Gasteiger partial charge in [0.05, 0.1) is 37.6 Å². The van der Waals surface area contributed by atoms with Crippen LogP contribution in [0.25, 0.3) is 0 Å². The summed E-state index contributed by atoms with van der Waals surface area (Å²) >= 11 is 0. The highest BCUT2D eigenvalue weighted by molar-refractivity contribution is 5.88. The van der Waals surface area contributed by atoms with Crippen molar-refractivity contribution in [2.45, 2.75) is 13.1 Å². The Morgan fingerprint density at radius 3 is 1.41 bits per heavy atom. The highest BCUT2D eigenvalue weighted by Crippen LogP contribution is 2.11. The first-order valence-electron chi connectivity index (χ1n) is 10.8. The van der Waals surface area contributed by atoms with Gasteiger partial charge >= 0.3 is 11.9 Å². The average molecular weight is 443 g/mol. The minimum Gasteiger partial charge on any atom is -0.478 e. The van der Waals surface area contributed by atoms with E-state index in [-0.39, 0.29) is 0 Å². The van der Waals surface area contributed by atoms with Crippen LogP contribution in [0.4, 0.5) is 0 Å². The van der Waals surface area contributed by atoms with Crippen molar-refractivity contribution in [3.05, 3.63) is 70.8 Å². The standard InChI is InChI=1S/C24H30N2O6/c27-23(28)21-5-1-3-19(15-21)17-25-7-11-31-13-9-26(10-14-32-12-8-25)18-20-4-2-6-22(16-20)24(29)30/h1-6,15-16H,7-14,17-18H2,(H,27,28)(H,29,30). The lowest BCUT2D eigenvalue weighted by molar-refractivity contribution is 0.0342. The predicted molar refractivity (Wildman–Crippen MR) is 119 cm³/mol. The molecule has 1 aliphatic rings. The third-order valence-electron chi connectivity index (χ3n) is 5.37. The van der Waals surface area contributed by atoms with Crippen LogP contribution in [0.1, 0.15) is 31.8 Å². The van der Waals surface area contributed by atoms with Crippen LogP contribution in [0.15, 0.2) is 48.5 Å². The van der Waals surface area contributed by atoms with Crippen LogP contribution in [0, 0.1) is 0 Å². The summed E-state index contributed by atoms with van der Waals surface area (Å²) in [5.41, 5.74) is 2.48. The van der Waals surface area contributed by atoms with Crippen LogP contribution < -0.4 is 0 Å². The molecule has 1 saturated heterocycles. The van der Waals surface area contributed by atoms with Crippen molar-refractivity contribution < 1.29 is 29.3 Å². The Kier molecular flexibility index (Phi) is 9.18. The van der Waals surface area contributed by atoms with Crippen LogP contribution >= 0.6 is 0 Å². The van der Waals surface area contributed by atoms with E-state index >= 15 is 0 Å². The Morgan fingerprint density at radius 1 is 0.688 bits per heavy atom. The monoisotopic (exact) mass is 442 g/mol. The summed E-state index contributed by atoms with van der Waals surface area (Å²) in [6, 6.07) is 14.0. The first-order chi connectivity index (χ1) is 15.5. The number of nitrogens with zero attached hydrogens (tertiary/aromatic N) is 2. The summed E-state index contributed by atoms with van der Waals surface area (Å²) < 4.78 is 11.7. The van der Waals surface area contributed by atoms with E-state index in [9.17, 15) is 19.8 Å². The highest BCUT2D eigenvalue weighted by atomic mass is 16.5. The van der Waals surface area contributed by atoms with Crippen molar-refractivity contribution in [2.75, 3.05) is 52.6 Å². The van der Waals surface area contributed by atoms with Crippen molar-refractivity contribution >= 4 is 11.9 Å². The molecule has 0 saturated carbocycles. The maximum absolute atomic E-state index is 11.2. The van der Waals surface area contributed by atoms with Crippen molar-refractivity contribution in [1.29, 1.82) is 0 Å². The molecule has 0 unspecified atom stereocenters. The summed E-state index contributed by atoms with van der Waals surface area (Å²) in [5.74, 6) is -1.85. The van der Waals surface area contributed by atoms with Gasteiger partial charge in [0.25, 0.3) is 0 Å². The number of carbonyl (C=O) groups is 2. The second kappa shape index (κ2) is 12.3. The first-order valence-corrected chi connectivity index (χ1v) is 10.8. The molecule has 0 atom stereocenters. The van der Waals surface area contributed by atoms with Gasteiger partial charge in [0.2, 0.25) is 0 Å². The average Bonchev–Trinajstić information content (AvgIpc) is 2.77. The molecule has 3 rings (SSSR count). The first kappa shape index (κ1) is 23.9. The molecule has 0 aliphatic carbocycles. The molecule has 1 fully saturated rings. The lowest BCUT2D eigenvalue weighted by atomic mass is 10.1. The molecule has 8 heteroatoms. The van der Waals surface area contributed by atoms with Gasteiger partial charge in [-0.2, -0.15) is 0 Å². The Hall–Kier alpha value is -2.78. The van der Waals surface area contributed by atoms with Gasteiger partial charge in [-0.25, -0.2) is 9.59 Å². The summed E-state index contributed by atoms with van der Waals surface area (Å²) in [6.07, 6.45) is 0. The fourth-order valence-corrected chi connectivity index (χ4v) is 3.64. The molecular formula is C24H30N2O6. The zero-order valence-electron chi connectivity index (χ0n) is 18.1. The molecule has 0 amide bonds. The summed E-state index contributed by atoms with van der Waals surface area (Å²) in [7, 11) is 0. The van der Waals surface area contributed by atoms with Gasteiger partial charge in [-0.3, -0.25) is 9.80 Å². The van der Waals surface area contributed by atoms with Gasteiger partial charge in [0.1, 0.15) is 0 Å². The van der Waals surface area contributed by atoms with Crippen LogP contribution in [0.2, 0.25) is 0 Å². The normalized spacial score (nSPS) is 17.2. The van der Waals surface area contributed by atoms with Gasteiger partial charge in [0, 0.05) is 39.3 Å². The van der Waals surface area contributed by atoms with Gasteiger partial charge in [-0.15, -0.1) is 0 Å². The molecule has 32 heavy (non-hydrogen) atoms. The predicted octanol–water partition coefficient (Wildman–Crippen LogP) is 2.43. The van der Waals surface area contributed by atoms with E-state index in [1.165, 1.54) is 0 Å². The molecule has 1 aliphatic heterocycles. The third-order valence-corrected chi connectivity index (χ3v) is 5.37. The van der Waals surface area contributed by atoms with Crippen LogP contribution in [-0.2, 0) is 22.6 Å². The molecule has 0 spiro atoms. The van der Waals surface area contributed by atoms with Gasteiger partial charge in [-0.05, 0) is 35.4 Å². The number of benzene rings is 2. The zero-order chi connectivity index (χ0) is 22.8. The Morgan fingerprint density at radius 2 is 1.06 bits per heavy atom. The maximum atomic E-state index is 11.2. The van der Waals surface area contributed by atoms with Crippen molar-refractivity contribution in [2.24, 2.45) is 0 Å². The molecule has 0 radical (unpaired) electrons. The topological polar surface area (TPSA) is 99.5 Å². The van der Waals surface area contributed by atoms with Gasteiger partial charge < -0.3 is 19.7 Å². The quantitative estimate of drug-likeness (QED) is 0.704. The smallest absolute Gasteiger partial charge is 0.335 e. The second-order valence-electron chi connectivity index (χ2n) is 7.79. The lowest BCUT2D eigenvalue weighted by Crippen LogP contribution is -2.35. The van der Waals surface area contributed by atoms with Crippen LogP contribution in [0.3, 0.4) is 0 Å². The number of carboxylic acid groups (broad SMARTS) is 2. The van der Waals surface area contributed by atoms with Gasteiger partial charge in [0.15, 0.2) is 0 Å². The molecule has 0 aromatic heterocycles. The van der Waals surface area contributed by atoms with E-state index in [4.69, 9.17) is 9.47 Å². The number of ether oxygens (including phenoxy) is 2. The fourth-order valence-electron chi connectivity index (χ4n) is 3.64. The largest absolute Gasteiger partial charge is 0.478 e. The summed E-state index contributed by atoms with van der Waals surface area (Å²) in [5, 5.41) is 18.4. The Bertz CT molecular complexity index is 818. The van der Waals surface area contributed by atoms with E-state index in [1.54, 1.807) is 36.4 Å². The number of hydrogen-bond acceptors (Lipinski definition) is 6. The van der Waals surface area contributed by atoms with E-state index in [0.717, 1.165) is 37.3 Å². The van der Waals surface area contributed by atoms with E-state index < -0.39 is 11.9 Å². The van der Waals surface area contributed by atoms with Gasteiger partial charge in [-0.1, -0.05) is 24.3 Å². The maximum Gasteiger partial charge on any atom is 0.335 e. The van der Waals surface area contributed by atoms with E-state index in [1.807, 2.05) is 12.1 Å². The fraction of sp³-hybridized carbons (Fsp3) is 0.417. The number of rotatable bonds is 6. The number of aromatic carboxylic acids is 2. The number of carboxylic acids is 2. The Balaban J connectivity index is 1.51. The molecule has 0 bridgehead atoms. The van der Waals surface area contributed by atoms with Crippen LogP contribution in [-0.4, -0.2) is 84.6 Å². The van der Waals surface area contributed by atoms with Crippen molar-refractivity contribution in [3.8, 4) is 0 Å². The molecule has 2 aromatic rings. The molecule has 172 valence electrons. The Labute approximate surface area is 188 Å². The number of hydrogen-bond donors (Lipinski definition) is 2. The third kappa shape index (κ3) is 7.72. The minimum absolute atomic E-state index is 0.290. The molecule has 2 N–H and O–H groups in total. The highest BCUT2D eigenvalue weighted by Gasteiger charge is 2.12. The SMILES string of the molecule is O=C(O)c1cccc(CN2CCOCCN(Cc3cccc(C(=O)O)c3)CCOCC2)c1.